The van der Waals surface area contributed by atoms with E-state index in [1.165, 1.54) is 34.8 Å². The fourth-order valence-corrected chi connectivity index (χ4v) is 10.6. The summed E-state index contributed by atoms with van der Waals surface area (Å²) < 4.78 is 0. The number of aliphatic carboxylic acids is 1. The van der Waals surface area contributed by atoms with Gasteiger partial charge in [-0.3, -0.25) is 43.3 Å². The molecule has 2 fully saturated rings. The summed E-state index contributed by atoms with van der Waals surface area (Å²) in [6.45, 7) is 7.94. The van der Waals surface area contributed by atoms with Gasteiger partial charge in [-0.2, -0.15) is 0 Å². The highest BCUT2D eigenvalue weighted by molar-refractivity contribution is 5.99. The molecule has 0 aliphatic carbocycles. The van der Waals surface area contributed by atoms with Crippen LogP contribution in [0.4, 0.5) is 0 Å². The number of guanidine groups is 1. The van der Waals surface area contributed by atoms with E-state index in [9.17, 15) is 48.3 Å². The maximum atomic E-state index is 14.6. The lowest BCUT2D eigenvalue weighted by Crippen LogP contribution is -2.61. The third-order valence-electron chi connectivity index (χ3n) is 15.0. The molecule has 28 heteroatoms. The fraction of sp³-hybridized carbons (Fsp3) is 0.571. The van der Waals surface area contributed by atoms with Crippen molar-refractivity contribution in [2.24, 2.45) is 39.8 Å². The molecule has 0 saturated carbocycles. The SMILES string of the molecule is CC(C)C[C@H](NC(=O)[C@H](CCCCN)NC(=O)[C@@H]1CCCN1C(=O)[C@@H](N)Cc1c[nH]c2ccccc12)C(=O)N[C@@H](Cc1cnc[nH]1)C(=O)N[C@H](C(=O)N[C@@H](Cc1cnc[nH]1)C(=O)N1CCC[C@H]1C(=O)N[C@@H](CCCN=C(N)N)C(=O)O)C(C)C. The molecule has 4 aromatic rings. The predicted octanol–water partition coefficient (Wildman–Crippen LogP) is -1.17. The van der Waals surface area contributed by atoms with Gasteiger partial charge in [-0.05, 0) is 101 Å². The first-order chi connectivity index (χ1) is 40.1. The lowest BCUT2D eigenvalue weighted by Gasteiger charge is -2.31. The fourth-order valence-electron chi connectivity index (χ4n) is 10.6. The number of fused-ring (bicyclic) bond motifs is 1. The molecule has 9 atom stereocenters. The van der Waals surface area contributed by atoms with Crippen molar-refractivity contribution in [3.05, 3.63) is 72.5 Å². The van der Waals surface area contributed by atoms with Gasteiger partial charge in [0.05, 0.1) is 18.7 Å². The number of amides is 8. The number of carboxylic acids is 1. The zero-order valence-corrected chi connectivity index (χ0v) is 48.2. The molecule has 6 rings (SSSR count). The second-order valence-electron chi connectivity index (χ2n) is 22.3. The summed E-state index contributed by atoms with van der Waals surface area (Å²) in [7, 11) is 0. The van der Waals surface area contributed by atoms with Crippen LogP contribution in [0.3, 0.4) is 0 Å². The molecule has 8 amide bonds. The summed E-state index contributed by atoms with van der Waals surface area (Å²) in [6, 6.07) is -2.86. The van der Waals surface area contributed by atoms with Gasteiger partial charge in [-0.25, -0.2) is 14.8 Å². The average Bonchev–Trinajstić information content (AvgIpc) is 3.98. The van der Waals surface area contributed by atoms with Crippen molar-refractivity contribution in [2.75, 3.05) is 26.2 Å². The highest BCUT2D eigenvalue weighted by atomic mass is 16.4. The van der Waals surface area contributed by atoms with Gasteiger partial charge in [0, 0.05) is 73.4 Å². The summed E-state index contributed by atoms with van der Waals surface area (Å²) >= 11 is 0. The Hall–Kier alpha value is -8.40. The van der Waals surface area contributed by atoms with E-state index in [2.05, 4.69) is 61.8 Å². The van der Waals surface area contributed by atoms with Gasteiger partial charge in [-0.15, -0.1) is 0 Å². The molecule has 3 aromatic heterocycles. The first kappa shape index (κ1) is 64.8. The van der Waals surface area contributed by atoms with Crippen LogP contribution in [0.2, 0.25) is 0 Å². The smallest absolute Gasteiger partial charge is 0.326 e. The molecule has 2 aliphatic heterocycles. The summed E-state index contributed by atoms with van der Waals surface area (Å²) in [5.74, 6) is -7.42. The zero-order chi connectivity index (χ0) is 61.0. The van der Waals surface area contributed by atoms with Crippen molar-refractivity contribution >= 4 is 70.1 Å². The molecular weight excluding hydrogens is 1080 g/mol. The van der Waals surface area contributed by atoms with E-state index in [0.717, 1.165) is 16.5 Å². The normalized spacial score (nSPS) is 17.6. The van der Waals surface area contributed by atoms with Crippen LogP contribution in [0.15, 0.2) is 60.5 Å². The summed E-state index contributed by atoms with van der Waals surface area (Å²) in [5, 5.41) is 27.4. The third-order valence-corrected chi connectivity index (χ3v) is 15.0. The number of likely N-dealkylation sites (tertiary alicyclic amines) is 2. The largest absolute Gasteiger partial charge is 0.480 e. The number of para-hydroxylation sites is 1. The maximum Gasteiger partial charge on any atom is 0.326 e. The van der Waals surface area contributed by atoms with Gasteiger partial charge in [0.15, 0.2) is 5.96 Å². The highest BCUT2D eigenvalue weighted by Gasteiger charge is 2.42. The zero-order valence-electron chi connectivity index (χ0n) is 48.2. The first-order valence-electron chi connectivity index (χ1n) is 28.8. The molecule has 2 aliphatic rings. The number of imidazole rings is 2. The van der Waals surface area contributed by atoms with Crippen LogP contribution in [0.5, 0.6) is 0 Å². The molecule has 84 heavy (non-hydrogen) atoms. The number of H-pyrrole nitrogens is 3. The number of carboxylic acid groups (broad SMARTS) is 1. The number of nitrogens with zero attached hydrogens (tertiary/aromatic N) is 5. The van der Waals surface area contributed by atoms with Gasteiger partial charge in [-0.1, -0.05) is 45.9 Å². The topological polar surface area (TPSA) is 442 Å². The Kier molecular flexibility index (Phi) is 24.1. The number of carbonyl (C=O) groups excluding carboxylic acids is 8. The molecule has 28 nitrogen and oxygen atoms in total. The number of nitrogens with two attached hydrogens (primary N) is 4. The number of benzene rings is 1. The standard InChI is InChI=1S/C56H84N18O10/c1-31(2)22-41(69-47(75)39(14-7-8-18-57)67-50(78)44-16-10-20-73(44)53(81)37(58)23-33-26-64-38-13-6-5-12-36(33)38)48(76)70-42(24-34-27-61-29-65-34)49(77)72-46(32(3)4)52(80)71-43(25-35-28-62-30-66-35)54(82)74-21-11-17-45(74)51(79)68-40(55(83)84)15-9-19-63-56(59)60/h5-6,12-13,26-32,37,39-46,64H,7-11,14-25,57-58H2,1-4H3,(H,61,65)(H,62,66)(H,67,78)(H,68,79)(H,69,75)(H,70,76)(H,71,80)(H,72,77)(H,83,84)(H4,59,60,63)/t37-,39-,40-,41-,42-,43-,44-,45-,46-/m0/s1. The highest BCUT2D eigenvalue weighted by Crippen LogP contribution is 2.24. The lowest BCUT2D eigenvalue weighted by atomic mass is 9.99. The van der Waals surface area contributed by atoms with Gasteiger partial charge >= 0.3 is 5.97 Å². The van der Waals surface area contributed by atoms with Crippen LogP contribution in [-0.2, 0) is 62.4 Å². The van der Waals surface area contributed by atoms with Crippen LogP contribution < -0.4 is 54.8 Å². The quantitative estimate of drug-likeness (QED) is 0.0156. The van der Waals surface area contributed by atoms with Crippen molar-refractivity contribution in [2.45, 2.75) is 166 Å². The van der Waals surface area contributed by atoms with Crippen LogP contribution in [0, 0.1) is 11.8 Å². The molecule has 458 valence electrons. The number of carbonyl (C=O) groups is 9. The number of aromatic nitrogens is 5. The summed E-state index contributed by atoms with van der Waals surface area (Å²) in [4.78, 5) is 150. The Balaban J connectivity index is 1.15. The predicted molar refractivity (Wildman–Crippen MR) is 310 cm³/mol. The monoisotopic (exact) mass is 1170 g/mol. The second kappa shape index (κ2) is 31.3. The Bertz CT molecular complexity index is 2890. The molecule has 18 N–H and O–H groups in total. The van der Waals surface area contributed by atoms with Crippen LogP contribution in [-0.4, -0.2) is 180 Å². The Morgan fingerprint density at radius 2 is 1.23 bits per heavy atom. The first-order valence-corrected chi connectivity index (χ1v) is 28.8. The lowest BCUT2D eigenvalue weighted by molar-refractivity contribution is -0.145. The molecule has 0 spiro atoms. The van der Waals surface area contributed by atoms with E-state index in [1.54, 1.807) is 13.8 Å². The van der Waals surface area contributed by atoms with Crippen molar-refractivity contribution in [1.82, 2.24) is 66.6 Å². The van der Waals surface area contributed by atoms with Crippen LogP contribution in [0.25, 0.3) is 10.9 Å². The summed E-state index contributed by atoms with van der Waals surface area (Å²) in [6.07, 6.45) is 10.6. The van der Waals surface area contributed by atoms with E-state index < -0.39 is 114 Å². The number of nitrogens with one attached hydrogen (secondary N) is 9. The minimum Gasteiger partial charge on any atom is -0.480 e. The Labute approximate surface area is 487 Å². The number of hydrogen-bond donors (Lipinski definition) is 14. The van der Waals surface area contributed by atoms with Crippen molar-refractivity contribution in [1.29, 1.82) is 0 Å². The van der Waals surface area contributed by atoms with E-state index in [0.29, 0.717) is 56.6 Å². The summed E-state index contributed by atoms with van der Waals surface area (Å²) in [5.41, 5.74) is 25.8. The van der Waals surface area contributed by atoms with Crippen molar-refractivity contribution in [3.63, 3.8) is 0 Å². The van der Waals surface area contributed by atoms with Gasteiger partial charge < -0.3 is 84.7 Å². The Morgan fingerprint density at radius 3 is 1.81 bits per heavy atom. The minimum atomic E-state index is -1.36. The number of unbranched alkanes of at least 4 members (excludes halogenated alkanes) is 1. The number of aliphatic imine (C=N–C) groups is 1. The van der Waals surface area contributed by atoms with E-state index in [4.69, 9.17) is 22.9 Å². The molecular formula is C56H84N18O10. The van der Waals surface area contributed by atoms with Crippen LogP contribution >= 0.6 is 0 Å². The van der Waals surface area contributed by atoms with Gasteiger partial charge in [0.2, 0.25) is 47.3 Å². The third kappa shape index (κ3) is 18.3. The van der Waals surface area contributed by atoms with E-state index in [1.807, 2.05) is 44.3 Å². The molecule has 1 aromatic carbocycles. The number of rotatable bonds is 32. The number of aromatic amines is 3. The molecule has 0 unspecified atom stereocenters. The number of hydrogen-bond acceptors (Lipinski definition) is 14. The maximum absolute atomic E-state index is 14.6. The average molecular weight is 1170 g/mol. The Morgan fingerprint density at radius 1 is 0.667 bits per heavy atom. The molecule has 2 saturated heterocycles. The molecule has 5 heterocycles. The molecule has 0 radical (unpaired) electrons. The van der Waals surface area contributed by atoms with Crippen LogP contribution in [0.1, 0.15) is 109 Å². The second-order valence-corrected chi connectivity index (χ2v) is 22.3. The van der Waals surface area contributed by atoms with Gasteiger partial charge in [0.25, 0.3) is 0 Å². The van der Waals surface area contributed by atoms with Crippen molar-refractivity contribution < 1.29 is 48.3 Å². The minimum absolute atomic E-state index is 0.00940. The van der Waals surface area contributed by atoms with E-state index >= 15 is 0 Å². The van der Waals surface area contributed by atoms with Crippen molar-refractivity contribution in [3.8, 4) is 0 Å². The van der Waals surface area contributed by atoms with Gasteiger partial charge in [0.1, 0.15) is 48.3 Å². The molecule has 0 bridgehead atoms. The van der Waals surface area contributed by atoms with E-state index in [-0.39, 0.29) is 76.3 Å².